The molecule has 0 saturated heterocycles. The second-order valence-corrected chi connectivity index (χ2v) is 7.66. The summed E-state index contributed by atoms with van der Waals surface area (Å²) < 4.78 is 1.94. The molecule has 134 valence electrons. The first-order chi connectivity index (χ1) is 12.6. The van der Waals surface area contributed by atoms with Gasteiger partial charge in [0.15, 0.2) is 0 Å². The molecule has 4 rings (SSSR count). The zero-order valence-corrected chi connectivity index (χ0v) is 16.4. The van der Waals surface area contributed by atoms with E-state index in [4.69, 9.17) is 39.9 Å². The van der Waals surface area contributed by atoms with Crippen LogP contribution in [0.3, 0.4) is 0 Å². The molecule has 0 atom stereocenters. The first-order valence-electron chi connectivity index (χ1n) is 8.67. The highest BCUT2D eigenvalue weighted by molar-refractivity contribution is 6.42. The van der Waals surface area contributed by atoms with E-state index >= 15 is 0 Å². The van der Waals surface area contributed by atoms with Crippen LogP contribution in [0.5, 0.6) is 0 Å². The van der Waals surface area contributed by atoms with Crippen LogP contribution in [0.2, 0.25) is 15.1 Å². The number of fused-ring (bicyclic) bond motifs is 1. The highest BCUT2D eigenvalue weighted by atomic mass is 35.5. The summed E-state index contributed by atoms with van der Waals surface area (Å²) in [5, 5.41) is 10.3. The molecule has 0 unspecified atom stereocenters. The number of halogens is 3. The molecule has 26 heavy (non-hydrogen) atoms. The van der Waals surface area contributed by atoms with Crippen molar-refractivity contribution in [3.63, 3.8) is 0 Å². The number of anilines is 1. The number of nitrogens with one attached hydrogen (secondary N) is 1. The van der Waals surface area contributed by atoms with Gasteiger partial charge in [0.2, 0.25) is 0 Å². The van der Waals surface area contributed by atoms with Crippen molar-refractivity contribution in [1.29, 1.82) is 0 Å². The van der Waals surface area contributed by atoms with Crippen LogP contribution in [0, 0.1) is 0 Å². The van der Waals surface area contributed by atoms with Crippen LogP contribution in [-0.4, -0.2) is 16.3 Å². The Morgan fingerprint density at radius 2 is 1.81 bits per heavy atom. The van der Waals surface area contributed by atoms with Gasteiger partial charge in [-0.05, 0) is 49.1 Å². The summed E-state index contributed by atoms with van der Waals surface area (Å²) >= 11 is 18.7. The van der Waals surface area contributed by atoms with Crippen molar-refractivity contribution in [3.8, 4) is 5.69 Å². The summed E-state index contributed by atoms with van der Waals surface area (Å²) in [6, 6.07) is 13.5. The minimum atomic E-state index is 0.523. The summed E-state index contributed by atoms with van der Waals surface area (Å²) in [5.41, 5.74) is 4.29. The third-order valence-electron chi connectivity index (χ3n) is 4.68. The number of aromatic nitrogens is 2. The minimum absolute atomic E-state index is 0.523. The van der Waals surface area contributed by atoms with Gasteiger partial charge >= 0.3 is 0 Å². The second-order valence-electron chi connectivity index (χ2n) is 6.44. The fourth-order valence-electron chi connectivity index (χ4n) is 3.34. The average Bonchev–Trinajstić information content (AvgIpc) is 2.81. The van der Waals surface area contributed by atoms with Crippen LogP contribution < -0.4 is 5.32 Å². The Morgan fingerprint density at radius 1 is 0.962 bits per heavy atom. The Hall–Kier alpha value is -1.68. The Kier molecular flexibility index (Phi) is 5.12. The lowest BCUT2D eigenvalue weighted by molar-refractivity contribution is 0.767. The number of rotatable bonds is 3. The van der Waals surface area contributed by atoms with Crippen molar-refractivity contribution in [1.82, 2.24) is 9.78 Å². The van der Waals surface area contributed by atoms with Crippen LogP contribution in [0.15, 0.2) is 42.5 Å². The summed E-state index contributed by atoms with van der Waals surface area (Å²) in [7, 11) is 0. The predicted molar refractivity (Wildman–Crippen MR) is 109 cm³/mol. The molecular formula is C20H18Cl3N3. The topological polar surface area (TPSA) is 29.9 Å². The zero-order valence-electron chi connectivity index (χ0n) is 14.1. The van der Waals surface area contributed by atoms with E-state index in [1.54, 1.807) is 6.07 Å². The molecule has 1 aliphatic heterocycles. The highest BCUT2D eigenvalue weighted by Gasteiger charge is 2.21. The van der Waals surface area contributed by atoms with Crippen molar-refractivity contribution in [2.75, 3.05) is 11.9 Å². The fourth-order valence-corrected chi connectivity index (χ4v) is 3.84. The molecule has 0 fully saturated rings. The summed E-state index contributed by atoms with van der Waals surface area (Å²) in [4.78, 5) is 0. The van der Waals surface area contributed by atoms with Crippen LogP contribution in [-0.2, 0) is 12.8 Å². The molecule has 1 N–H and O–H groups in total. The lowest BCUT2D eigenvalue weighted by Crippen LogP contribution is -2.07. The zero-order chi connectivity index (χ0) is 18.1. The van der Waals surface area contributed by atoms with E-state index in [1.165, 1.54) is 5.56 Å². The van der Waals surface area contributed by atoms with Crippen molar-refractivity contribution in [2.24, 2.45) is 0 Å². The molecule has 3 aromatic rings. The third kappa shape index (κ3) is 3.44. The van der Waals surface area contributed by atoms with E-state index in [-0.39, 0.29) is 0 Å². The van der Waals surface area contributed by atoms with Crippen LogP contribution in [0.4, 0.5) is 5.82 Å². The number of hydrogen-bond acceptors (Lipinski definition) is 2. The summed E-state index contributed by atoms with van der Waals surface area (Å²) in [6.07, 6.45) is 3.99. The number of benzene rings is 2. The highest BCUT2D eigenvalue weighted by Crippen LogP contribution is 2.32. The van der Waals surface area contributed by atoms with Crippen LogP contribution >= 0.6 is 34.8 Å². The van der Waals surface area contributed by atoms with Crippen LogP contribution in [0.25, 0.3) is 5.69 Å². The monoisotopic (exact) mass is 405 g/mol. The van der Waals surface area contributed by atoms with Gasteiger partial charge in [-0.3, -0.25) is 0 Å². The minimum Gasteiger partial charge on any atom is -0.370 e. The van der Waals surface area contributed by atoms with Gasteiger partial charge in [-0.15, -0.1) is 0 Å². The first kappa shape index (κ1) is 17.7. The van der Waals surface area contributed by atoms with E-state index in [2.05, 4.69) is 11.4 Å². The van der Waals surface area contributed by atoms with Gasteiger partial charge in [0.1, 0.15) is 5.82 Å². The molecule has 0 amide bonds. The van der Waals surface area contributed by atoms with Crippen molar-refractivity contribution < 1.29 is 0 Å². The maximum Gasteiger partial charge on any atom is 0.133 e. The molecule has 1 aromatic heterocycles. The smallest absolute Gasteiger partial charge is 0.133 e. The van der Waals surface area contributed by atoms with Crippen molar-refractivity contribution >= 4 is 40.6 Å². The van der Waals surface area contributed by atoms with E-state index in [0.717, 1.165) is 53.6 Å². The fraction of sp³-hybridized carbons (Fsp3) is 0.250. The molecular weight excluding hydrogens is 389 g/mol. The van der Waals surface area contributed by atoms with Gasteiger partial charge in [-0.1, -0.05) is 53.0 Å². The Bertz CT molecular complexity index is 949. The molecule has 2 heterocycles. The van der Waals surface area contributed by atoms with Gasteiger partial charge in [-0.25, -0.2) is 4.68 Å². The molecule has 0 radical (unpaired) electrons. The predicted octanol–water partition coefficient (Wildman–Crippen LogP) is 6.17. The third-order valence-corrected chi connectivity index (χ3v) is 5.78. The van der Waals surface area contributed by atoms with Crippen molar-refractivity contribution in [2.45, 2.75) is 25.7 Å². The van der Waals surface area contributed by atoms with E-state index in [9.17, 15) is 0 Å². The molecule has 0 saturated carbocycles. The van der Waals surface area contributed by atoms with E-state index in [1.807, 2.05) is 35.0 Å². The lowest BCUT2D eigenvalue weighted by Gasteiger charge is -2.10. The van der Waals surface area contributed by atoms with Crippen molar-refractivity contribution in [3.05, 3.63) is 74.4 Å². The van der Waals surface area contributed by atoms with Gasteiger partial charge in [0.05, 0.1) is 21.4 Å². The Balaban J connectivity index is 1.81. The SMILES string of the molecule is Clc1ccc(-n2nc(Cc3ccccc3Cl)c3c2NCCCC3)cc1Cl. The first-order valence-corrected chi connectivity index (χ1v) is 9.80. The quantitative estimate of drug-likeness (QED) is 0.563. The Labute approximate surface area is 167 Å². The molecule has 2 aromatic carbocycles. The molecule has 0 aliphatic carbocycles. The number of nitrogens with zero attached hydrogens (tertiary/aromatic N) is 2. The summed E-state index contributed by atoms with van der Waals surface area (Å²) in [5.74, 6) is 1.04. The normalized spacial score (nSPS) is 13.8. The number of hydrogen-bond donors (Lipinski definition) is 1. The maximum atomic E-state index is 6.37. The molecule has 0 bridgehead atoms. The van der Waals surface area contributed by atoms with Gasteiger partial charge < -0.3 is 5.32 Å². The van der Waals surface area contributed by atoms with Gasteiger partial charge in [0.25, 0.3) is 0 Å². The van der Waals surface area contributed by atoms with E-state index < -0.39 is 0 Å². The van der Waals surface area contributed by atoms with Gasteiger partial charge in [0, 0.05) is 23.6 Å². The van der Waals surface area contributed by atoms with Crippen LogP contribution in [0.1, 0.15) is 29.7 Å². The Morgan fingerprint density at radius 3 is 2.62 bits per heavy atom. The average molecular weight is 407 g/mol. The second kappa shape index (κ2) is 7.51. The van der Waals surface area contributed by atoms with Gasteiger partial charge in [-0.2, -0.15) is 5.10 Å². The standard InChI is InChI=1S/C20H18Cl3N3/c21-16-7-2-1-5-13(16)11-19-15-6-3-4-10-24-20(15)26(25-19)14-8-9-17(22)18(23)12-14/h1-2,5,7-9,12,24H,3-4,6,10-11H2. The molecule has 6 heteroatoms. The molecule has 1 aliphatic rings. The molecule has 3 nitrogen and oxygen atoms in total. The van der Waals surface area contributed by atoms with E-state index in [0.29, 0.717) is 16.5 Å². The maximum absolute atomic E-state index is 6.37. The largest absolute Gasteiger partial charge is 0.370 e. The molecule has 0 spiro atoms. The summed E-state index contributed by atoms with van der Waals surface area (Å²) in [6.45, 7) is 0.936. The lowest BCUT2D eigenvalue weighted by atomic mass is 10.0.